The fourth-order valence-corrected chi connectivity index (χ4v) is 0.354. The zero-order chi connectivity index (χ0) is 4.12. The third-order valence-corrected chi connectivity index (χ3v) is 1.22. The Morgan fingerprint density at radius 2 is 2.60 bits per heavy atom. The topological polar surface area (TPSA) is 17.1 Å². The molecule has 0 fully saturated rings. The van der Waals surface area contributed by atoms with Crippen LogP contribution in [0.1, 0.15) is 6.92 Å². The molecule has 0 spiro atoms. The second-order valence-electron chi connectivity index (χ2n) is 0.955. The Bertz CT molecular complexity index is 28.1. The van der Waals surface area contributed by atoms with E-state index in [2.05, 4.69) is 0 Å². The van der Waals surface area contributed by atoms with Gasteiger partial charge in [0.2, 0.25) is 0 Å². The summed E-state index contributed by atoms with van der Waals surface area (Å²) in [4.78, 5) is 9.47. The van der Waals surface area contributed by atoms with Crippen molar-refractivity contribution in [3.63, 3.8) is 0 Å². The molecule has 0 N–H and O–H groups in total. The smallest absolute Gasteiger partial charge is 0.325 e. The maximum Gasteiger partial charge on any atom is 0.336 e. The van der Waals surface area contributed by atoms with Crippen LogP contribution in [0.5, 0.6) is 0 Å². The highest BCUT2D eigenvalue weighted by atomic mass is 27.1. The maximum absolute atomic E-state index is 9.47. The molecular weight excluding hydrogens is 79.0 g/mol. The van der Waals surface area contributed by atoms with Crippen molar-refractivity contribution in [3.8, 4) is 0 Å². The van der Waals surface area contributed by atoms with Crippen LogP contribution in [0.25, 0.3) is 0 Å². The fraction of sp³-hybridized carbons (Fsp3) is 0.667. The van der Waals surface area contributed by atoms with Gasteiger partial charge in [0.15, 0.2) is 0 Å². The normalized spacial score (nSPS) is 6.60. The van der Waals surface area contributed by atoms with Crippen molar-refractivity contribution in [3.05, 3.63) is 0 Å². The van der Waals surface area contributed by atoms with E-state index in [1.807, 2.05) is 6.92 Å². The molecule has 0 aliphatic rings. The molecule has 0 heterocycles. The van der Waals surface area contributed by atoms with Crippen LogP contribution in [-0.4, -0.2) is 20.4 Å². The minimum absolute atomic E-state index is 0.248. The van der Waals surface area contributed by atoms with Gasteiger partial charge in [-0.05, 0) is 0 Å². The molecule has 0 saturated carbocycles. The van der Waals surface area contributed by atoms with Gasteiger partial charge in [0, 0.05) is 5.15 Å². The Balaban J connectivity index is 2.40. The van der Waals surface area contributed by atoms with Crippen LogP contribution in [-0.2, 0) is 4.79 Å². The van der Waals surface area contributed by atoms with E-state index in [-0.39, 0.29) is 15.2 Å². The number of hydrogen-bond donors (Lipinski definition) is 0. The first-order valence-electron chi connectivity index (χ1n) is 1.85. The van der Waals surface area contributed by atoms with Crippen LogP contribution in [0.2, 0.25) is 5.28 Å². The average Bonchev–Trinajstić information content (AvgIpc) is 1.41. The van der Waals surface area contributed by atoms with Crippen molar-refractivity contribution >= 4 is 20.4 Å². The zero-order valence-electron chi connectivity index (χ0n) is 3.40. The summed E-state index contributed by atoms with van der Waals surface area (Å²) in [6.45, 7) is 2.04. The van der Waals surface area contributed by atoms with E-state index in [9.17, 15) is 4.79 Å². The Kier molecular flexibility index (Phi) is 4.37. The SMILES string of the molecule is C[CH2][AlH][CH]=O. The lowest BCUT2D eigenvalue weighted by molar-refractivity contribution is 0.568. The predicted molar refractivity (Wildman–Crippen MR) is 24.4 cm³/mol. The first-order chi connectivity index (χ1) is 2.41. The Hall–Kier alpha value is 0.202. The van der Waals surface area contributed by atoms with E-state index in [1.165, 1.54) is 0 Å². The van der Waals surface area contributed by atoms with Crippen LogP contribution in [0.3, 0.4) is 0 Å². The summed E-state index contributed by atoms with van der Waals surface area (Å²) in [5.74, 6) is 0. The molecule has 1 nitrogen and oxygen atoms in total. The van der Waals surface area contributed by atoms with Gasteiger partial charge in [-0.2, -0.15) is 0 Å². The van der Waals surface area contributed by atoms with Crippen molar-refractivity contribution in [2.24, 2.45) is 0 Å². The van der Waals surface area contributed by atoms with Gasteiger partial charge in [-0.15, -0.1) is 0 Å². The highest BCUT2D eigenvalue weighted by molar-refractivity contribution is 6.66. The molecule has 0 saturated heterocycles. The third-order valence-electron chi connectivity index (χ3n) is 0.407. The molecule has 0 aliphatic heterocycles. The quantitative estimate of drug-likeness (QED) is 0.343. The predicted octanol–water partition coefficient (Wildman–Crippen LogP) is 0.0513. The molecule has 0 aromatic rings. The summed E-state index contributed by atoms with van der Waals surface area (Å²) in [7, 11) is 0. The maximum atomic E-state index is 9.47. The summed E-state index contributed by atoms with van der Waals surface area (Å²) < 4.78 is 0. The van der Waals surface area contributed by atoms with Crippen molar-refractivity contribution in [2.45, 2.75) is 12.2 Å². The van der Waals surface area contributed by atoms with E-state index in [0.29, 0.717) is 0 Å². The third kappa shape index (κ3) is 4.20. The summed E-state index contributed by atoms with van der Waals surface area (Å²) in [5.41, 5.74) is 0. The fourth-order valence-electron chi connectivity index (χ4n) is 0.118. The van der Waals surface area contributed by atoms with Gasteiger partial charge in [-0.25, -0.2) is 0 Å². The molecular formula is C3H7AlO. The number of hydrogen-bond acceptors (Lipinski definition) is 1. The molecule has 2 heteroatoms. The van der Waals surface area contributed by atoms with Crippen LogP contribution >= 0.6 is 0 Å². The van der Waals surface area contributed by atoms with Crippen molar-refractivity contribution in [2.75, 3.05) is 0 Å². The van der Waals surface area contributed by atoms with Crippen LogP contribution in [0, 0.1) is 0 Å². The minimum Gasteiger partial charge on any atom is -0.325 e. The van der Waals surface area contributed by atoms with Crippen molar-refractivity contribution < 1.29 is 4.79 Å². The second kappa shape index (κ2) is 4.20. The van der Waals surface area contributed by atoms with Gasteiger partial charge in [0.25, 0.3) is 0 Å². The van der Waals surface area contributed by atoms with Gasteiger partial charge >= 0.3 is 15.2 Å². The lowest BCUT2D eigenvalue weighted by atomic mass is 11.0. The Morgan fingerprint density at radius 3 is 2.60 bits per heavy atom. The van der Waals surface area contributed by atoms with E-state index < -0.39 is 0 Å². The molecule has 28 valence electrons. The molecule has 0 amide bonds. The lowest BCUT2D eigenvalue weighted by Gasteiger charge is -1.61. The van der Waals surface area contributed by atoms with Crippen molar-refractivity contribution in [1.29, 1.82) is 0 Å². The van der Waals surface area contributed by atoms with Gasteiger partial charge in [-0.1, -0.05) is 12.2 Å². The summed E-state index contributed by atoms with van der Waals surface area (Å²) >= 11 is -0.248. The standard InChI is InChI=1S/C2H5.CHO.Al.H/c2*1-2;;/h1H2,2H3;1H;;. The van der Waals surface area contributed by atoms with Crippen molar-refractivity contribution in [1.82, 2.24) is 0 Å². The van der Waals surface area contributed by atoms with Gasteiger partial charge in [0.1, 0.15) is 0 Å². The first kappa shape index (κ1) is 5.20. The van der Waals surface area contributed by atoms with Crippen LogP contribution < -0.4 is 0 Å². The Labute approximate surface area is 38.1 Å². The highest BCUT2D eigenvalue weighted by Gasteiger charge is 1.77. The van der Waals surface area contributed by atoms with E-state index in [1.54, 1.807) is 0 Å². The molecule has 0 radical (unpaired) electrons. The highest BCUT2D eigenvalue weighted by Crippen LogP contribution is 1.62. The molecule has 0 aromatic carbocycles. The molecule has 5 heavy (non-hydrogen) atoms. The average molecular weight is 86.1 g/mol. The molecule has 0 atom stereocenters. The van der Waals surface area contributed by atoms with Gasteiger partial charge in [-0.3, -0.25) is 0 Å². The summed E-state index contributed by atoms with van der Waals surface area (Å²) in [6.07, 6.45) is 0. The minimum atomic E-state index is -0.248. The van der Waals surface area contributed by atoms with E-state index in [0.717, 1.165) is 10.4 Å². The second-order valence-corrected chi connectivity index (χ2v) is 2.87. The molecule has 0 aliphatic carbocycles. The van der Waals surface area contributed by atoms with E-state index in [4.69, 9.17) is 0 Å². The largest absolute Gasteiger partial charge is 0.336 e. The molecule has 0 unspecified atom stereocenters. The molecule has 0 aromatic heterocycles. The van der Waals surface area contributed by atoms with Crippen LogP contribution in [0.4, 0.5) is 0 Å². The summed E-state index contributed by atoms with van der Waals surface area (Å²) in [5, 5.41) is 2.18. The molecule has 0 bridgehead atoms. The zero-order valence-corrected chi connectivity index (χ0v) is 4.81. The summed E-state index contributed by atoms with van der Waals surface area (Å²) in [6, 6.07) is 0. The number of rotatable bonds is 2. The monoisotopic (exact) mass is 86.0 g/mol. The van der Waals surface area contributed by atoms with E-state index >= 15 is 0 Å². The van der Waals surface area contributed by atoms with Gasteiger partial charge < -0.3 is 4.79 Å². The number of carbonyl (C=O) groups excluding carboxylic acids is 1. The first-order valence-corrected chi connectivity index (χ1v) is 3.67. The lowest BCUT2D eigenvalue weighted by Crippen LogP contribution is -1.83. The number of carbonyl (C=O) groups is 1. The molecule has 0 rings (SSSR count). The Morgan fingerprint density at radius 1 is 2.00 bits per heavy atom. The van der Waals surface area contributed by atoms with Gasteiger partial charge in [0.05, 0.1) is 0 Å². The van der Waals surface area contributed by atoms with Crippen LogP contribution in [0.15, 0.2) is 0 Å².